The van der Waals surface area contributed by atoms with Gasteiger partial charge in [-0.2, -0.15) is 0 Å². The summed E-state index contributed by atoms with van der Waals surface area (Å²) in [5.41, 5.74) is 7.93. The topological polar surface area (TPSA) is 70.6 Å². The smallest absolute Gasteiger partial charge is 0.170 e. The lowest BCUT2D eigenvalue weighted by Gasteiger charge is -2.11. The largest absolute Gasteiger partial charge is 0.409 e. The molecule has 0 saturated carbocycles. The van der Waals surface area contributed by atoms with Crippen molar-refractivity contribution in [1.29, 1.82) is 0 Å². The second-order valence-corrected chi connectivity index (χ2v) is 4.98. The number of nitrogens with two attached hydrogens (primary N) is 1. The van der Waals surface area contributed by atoms with Crippen LogP contribution in [0.15, 0.2) is 52.1 Å². The Balaban J connectivity index is 2.17. The van der Waals surface area contributed by atoms with E-state index in [1.54, 1.807) is 18.2 Å². The van der Waals surface area contributed by atoms with Gasteiger partial charge in [-0.1, -0.05) is 29.4 Å². The van der Waals surface area contributed by atoms with Crippen LogP contribution in [0.1, 0.15) is 11.1 Å². The molecule has 0 spiro atoms. The minimum atomic E-state index is -0.312. The quantitative estimate of drug-likeness (QED) is 0.347. The second-order valence-electron chi connectivity index (χ2n) is 4.12. The maximum Gasteiger partial charge on any atom is 0.170 e. The molecule has 0 saturated heterocycles. The highest BCUT2D eigenvalue weighted by Gasteiger charge is 2.06. The van der Waals surface area contributed by atoms with Crippen molar-refractivity contribution in [2.45, 2.75) is 6.54 Å². The fourth-order valence-electron chi connectivity index (χ4n) is 1.78. The summed E-state index contributed by atoms with van der Waals surface area (Å²) < 4.78 is 13.5. The van der Waals surface area contributed by atoms with Gasteiger partial charge in [0, 0.05) is 17.8 Å². The Morgan fingerprint density at radius 2 is 2.05 bits per heavy atom. The predicted molar refractivity (Wildman–Crippen MR) is 80.4 cm³/mol. The van der Waals surface area contributed by atoms with E-state index in [4.69, 9.17) is 10.9 Å². The molecule has 4 nitrogen and oxygen atoms in total. The summed E-state index contributed by atoms with van der Waals surface area (Å²) in [6, 6.07) is 12.0. The summed E-state index contributed by atoms with van der Waals surface area (Å²) in [5.74, 6) is -0.254. The van der Waals surface area contributed by atoms with E-state index in [1.165, 1.54) is 6.07 Å². The average Bonchev–Trinajstić information content (AvgIpc) is 2.48. The predicted octanol–water partition coefficient (Wildman–Crippen LogP) is 3.29. The maximum atomic E-state index is 13.1. The number of benzene rings is 2. The molecule has 2 rings (SSSR count). The third kappa shape index (κ3) is 3.27. The van der Waals surface area contributed by atoms with Crippen molar-refractivity contribution >= 4 is 27.5 Å². The molecular formula is C14H13BrFN3O. The molecule has 0 fully saturated rings. The molecule has 0 atom stereocenters. The lowest BCUT2D eigenvalue weighted by Crippen LogP contribution is -2.16. The number of oxime groups is 1. The SMILES string of the molecule is N/C(=N/O)c1ccccc1CNc1ccc(F)c(Br)c1. The zero-order chi connectivity index (χ0) is 14.5. The highest BCUT2D eigenvalue weighted by atomic mass is 79.9. The van der Waals surface area contributed by atoms with Crippen molar-refractivity contribution in [1.82, 2.24) is 0 Å². The van der Waals surface area contributed by atoms with Gasteiger partial charge in [-0.3, -0.25) is 0 Å². The highest BCUT2D eigenvalue weighted by molar-refractivity contribution is 9.10. The van der Waals surface area contributed by atoms with Gasteiger partial charge in [0.2, 0.25) is 0 Å². The van der Waals surface area contributed by atoms with Crippen LogP contribution in [0.5, 0.6) is 0 Å². The van der Waals surface area contributed by atoms with Crippen LogP contribution >= 0.6 is 15.9 Å². The summed E-state index contributed by atoms with van der Waals surface area (Å²) in [6.45, 7) is 0.477. The van der Waals surface area contributed by atoms with Crippen molar-refractivity contribution in [3.63, 3.8) is 0 Å². The molecule has 0 radical (unpaired) electrons. The van der Waals surface area contributed by atoms with Crippen molar-refractivity contribution in [2.75, 3.05) is 5.32 Å². The molecule has 2 aromatic rings. The number of nitrogens with zero attached hydrogens (tertiary/aromatic N) is 1. The molecule has 6 heteroatoms. The van der Waals surface area contributed by atoms with Crippen LogP contribution in [-0.4, -0.2) is 11.0 Å². The fourth-order valence-corrected chi connectivity index (χ4v) is 2.16. The fraction of sp³-hybridized carbons (Fsp3) is 0.0714. The molecule has 0 aliphatic carbocycles. The standard InChI is InChI=1S/C14H13BrFN3O/c15-12-7-10(5-6-13(12)16)18-8-9-3-1-2-4-11(9)14(17)19-20/h1-7,18,20H,8H2,(H2,17,19). The van der Waals surface area contributed by atoms with Gasteiger partial charge in [0.05, 0.1) is 4.47 Å². The molecule has 4 N–H and O–H groups in total. The van der Waals surface area contributed by atoms with Gasteiger partial charge in [0.15, 0.2) is 5.84 Å². The molecule has 2 aromatic carbocycles. The summed E-state index contributed by atoms with van der Waals surface area (Å²) in [5, 5.41) is 14.9. The van der Waals surface area contributed by atoms with Gasteiger partial charge in [0.25, 0.3) is 0 Å². The molecular weight excluding hydrogens is 325 g/mol. The first-order valence-electron chi connectivity index (χ1n) is 5.86. The number of amidine groups is 1. The second kappa shape index (κ2) is 6.38. The average molecular weight is 338 g/mol. The monoisotopic (exact) mass is 337 g/mol. The zero-order valence-electron chi connectivity index (χ0n) is 10.5. The van der Waals surface area contributed by atoms with Crippen LogP contribution in [0.25, 0.3) is 0 Å². The normalized spacial score (nSPS) is 11.4. The minimum Gasteiger partial charge on any atom is -0.409 e. The molecule has 0 aliphatic heterocycles. The van der Waals surface area contributed by atoms with Crippen molar-refractivity contribution in [3.8, 4) is 0 Å². The van der Waals surface area contributed by atoms with E-state index in [1.807, 2.05) is 18.2 Å². The van der Waals surface area contributed by atoms with E-state index in [9.17, 15) is 4.39 Å². The molecule has 0 unspecified atom stereocenters. The third-order valence-electron chi connectivity index (χ3n) is 2.80. The van der Waals surface area contributed by atoms with Crippen LogP contribution in [0, 0.1) is 5.82 Å². The molecule has 0 bridgehead atoms. The van der Waals surface area contributed by atoms with E-state index in [0.29, 0.717) is 16.6 Å². The number of nitrogens with one attached hydrogen (secondary N) is 1. The first kappa shape index (κ1) is 14.3. The lowest BCUT2D eigenvalue weighted by atomic mass is 10.1. The number of rotatable bonds is 4. The van der Waals surface area contributed by atoms with Crippen molar-refractivity contribution in [3.05, 3.63) is 63.9 Å². The summed E-state index contributed by atoms with van der Waals surface area (Å²) in [4.78, 5) is 0. The molecule has 20 heavy (non-hydrogen) atoms. The number of halogens is 2. The number of hydrogen-bond donors (Lipinski definition) is 3. The van der Waals surface area contributed by atoms with E-state index in [-0.39, 0.29) is 11.7 Å². The Morgan fingerprint density at radius 1 is 1.30 bits per heavy atom. The van der Waals surface area contributed by atoms with Gasteiger partial charge >= 0.3 is 0 Å². The van der Waals surface area contributed by atoms with Gasteiger partial charge in [-0.25, -0.2) is 4.39 Å². The van der Waals surface area contributed by atoms with E-state index < -0.39 is 0 Å². The van der Waals surface area contributed by atoms with Crippen molar-refractivity contribution < 1.29 is 9.60 Å². The zero-order valence-corrected chi connectivity index (χ0v) is 12.1. The maximum absolute atomic E-state index is 13.1. The first-order chi connectivity index (χ1) is 9.61. The summed E-state index contributed by atoms with van der Waals surface area (Å²) >= 11 is 3.13. The Bertz CT molecular complexity index is 646. The Morgan fingerprint density at radius 3 is 2.75 bits per heavy atom. The molecule has 0 aliphatic rings. The minimum absolute atomic E-state index is 0.0580. The van der Waals surface area contributed by atoms with Crippen LogP contribution in [0.4, 0.5) is 10.1 Å². The Kier molecular flexibility index (Phi) is 4.57. The number of hydrogen-bond acceptors (Lipinski definition) is 3. The van der Waals surface area contributed by atoms with Crippen LogP contribution < -0.4 is 11.1 Å². The van der Waals surface area contributed by atoms with Crippen molar-refractivity contribution in [2.24, 2.45) is 10.9 Å². The van der Waals surface area contributed by atoms with Gasteiger partial charge in [0.1, 0.15) is 5.82 Å². The molecule has 0 heterocycles. The molecule has 104 valence electrons. The summed E-state index contributed by atoms with van der Waals surface area (Å²) in [7, 11) is 0. The van der Waals surface area contributed by atoms with Gasteiger partial charge < -0.3 is 16.3 Å². The Hall–Kier alpha value is -2.08. The van der Waals surface area contributed by atoms with Gasteiger partial charge in [-0.05, 0) is 39.7 Å². The molecule has 0 aromatic heterocycles. The lowest BCUT2D eigenvalue weighted by molar-refractivity contribution is 0.318. The third-order valence-corrected chi connectivity index (χ3v) is 3.41. The summed E-state index contributed by atoms with van der Waals surface area (Å²) in [6.07, 6.45) is 0. The van der Waals surface area contributed by atoms with Crippen LogP contribution in [0.2, 0.25) is 0 Å². The number of anilines is 1. The molecule has 0 amide bonds. The van der Waals surface area contributed by atoms with Gasteiger partial charge in [-0.15, -0.1) is 0 Å². The van der Waals surface area contributed by atoms with E-state index in [2.05, 4.69) is 26.4 Å². The van der Waals surface area contributed by atoms with Crippen LogP contribution in [0.3, 0.4) is 0 Å². The van der Waals surface area contributed by atoms with E-state index >= 15 is 0 Å². The van der Waals surface area contributed by atoms with E-state index in [0.717, 1.165) is 11.3 Å². The highest BCUT2D eigenvalue weighted by Crippen LogP contribution is 2.21. The Labute approximate surface area is 124 Å². The van der Waals surface area contributed by atoms with Crippen LogP contribution in [-0.2, 0) is 6.54 Å². The first-order valence-corrected chi connectivity index (χ1v) is 6.66.